The molecule has 0 saturated carbocycles. The van der Waals surface area contributed by atoms with Crippen LogP contribution in [0.2, 0.25) is 0 Å². The zero-order chi connectivity index (χ0) is 25.8. The highest BCUT2D eigenvalue weighted by molar-refractivity contribution is 7.10. The van der Waals surface area contributed by atoms with Crippen molar-refractivity contribution in [2.45, 2.75) is 38.3 Å². The molecule has 1 fully saturated rings. The van der Waals surface area contributed by atoms with Gasteiger partial charge in [-0.05, 0) is 67.0 Å². The first kappa shape index (κ1) is 25.4. The Kier molecular flexibility index (Phi) is 7.86. The van der Waals surface area contributed by atoms with Crippen molar-refractivity contribution >= 4 is 23.2 Å². The standard InChI is InChI=1S/C29H31FN2O4S/c1-20-7-2-5-11-26(20)36-19-25-23-13-16-37-27(23)12-14-32(25)28(33)18-31(17-21-8-6-15-35-21)29(34)22-9-3-4-10-24(22)30/h2-5,7,9-11,13,16,21,25H,6,8,12,14-15,17-19H2,1H3/t21-,25+/m1/s1. The van der Waals surface area contributed by atoms with Crippen molar-refractivity contribution in [1.29, 1.82) is 0 Å². The number of rotatable bonds is 8. The number of hydrogen-bond acceptors (Lipinski definition) is 5. The molecule has 0 bridgehead atoms. The number of halogens is 1. The minimum atomic E-state index is -0.595. The normalized spacial score (nSPS) is 18.9. The highest BCUT2D eigenvalue weighted by Gasteiger charge is 2.35. The van der Waals surface area contributed by atoms with E-state index in [4.69, 9.17) is 9.47 Å². The maximum absolute atomic E-state index is 14.5. The zero-order valence-electron chi connectivity index (χ0n) is 20.9. The zero-order valence-corrected chi connectivity index (χ0v) is 21.7. The van der Waals surface area contributed by atoms with Crippen molar-refractivity contribution in [1.82, 2.24) is 9.80 Å². The lowest BCUT2D eigenvalue weighted by molar-refractivity contribution is -0.135. The molecule has 0 aliphatic carbocycles. The second-order valence-corrected chi connectivity index (χ2v) is 10.5. The van der Waals surface area contributed by atoms with Gasteiger partial charge in [-0.25, -0.2) is 4.39 Å². The van der Waals surface area contributed by atoms with Crippen LogP contribution in [0, 0.1) is 12.7 Å². The van der Waals surface area contributed by atoms with Crippen molar-refractivity contribution in [3.8, 4) is 5.75 Å². The Morgan fingerprint density at radius 1 is 1.16 bits per heavy atom. The molecule has 2 aromatic carbocycles. The van der Waals surface area contributed by atoms with E-state index in [1.165, 1.54) is 21.9 Å². The van der Waals surface area contributed by atoms with E-state index in [1.807, 2.05) is 41.5 Å². The van der Waals surface area contributed by atoms with Crippen LogP contribution in [0.15, 0.2) is 60.0 Å². The van der Waals surface area contributed by atoms with Crippen LogP contribution >= 0.6 is 11.3 Å². The summed E-state index contributed by atoms with van der Waals surface area (Å²) in [6.07, 6.45) is 2.32. The van der Waals surface area contributed by atoms with Gasteiger partial charge in [-0.1, -0.05) is 30.3 Å². The van der Waals surface area contributed by atoms with E-state index in [0.717, 1.165) is 36.1 Å². The molecule has 1 saturated heterocycles. The fraction of sp³-hybridized carbons (Fsp3) is 0.379. The van der Waals surface area contributed by atoms with Crippen LogP contribution in [0.4, 0.5) is 4.39 Å². The molecule has 0 N–H and O–H groups in total. The summed E-state index contributed by atoms with van der Waals surface area (Å²) >= 11 is 1.69. The van der Waals surface area contributed by atoms with Gasteiger partial charge in [0.1, 0.15) is 24.7 Å². The lowest BCUT2D eigenvalue weighted by atomic mass is 10.00. The molecule has 2 atom stereocenters. The van der Waals surface area contributed by atoms with Gasteiger partial charge >= 0.3 is 0 Å². The SMILES string of the molecule is Cc1ccccc1OC[C@H]1c2ccsc2CCN1C(=O)CN(C[C@H]1CCCO1)C(=O)c1ccccc1F. The minimum absolute atomic E-state index is 0.0356. The summed E-state index contributed by atoms with van der Waals surface area (Å²) in [5.41, 5.74) is 2.08. The monoisotopic (exact) mass is 522 g/mol. The number of nitrogens with zero attached hydrogens (tertiary/aromatic N) is 2. The van der Waals surface area contributed by atoms with Gasteiger partial charge in [0.15, 0.2) is 0 Å². The van der Waals surface area contributed by atoms with Crippen molar-refractivity contribution in [3.05, 3.63) is 87.4 Å². The van der Waals surface area contributed by atoms with Crippen molar-refractivity contribution in [2.75, 3.05) is 32.8 Å². The summed E-state index contributed by atoms with van der Waals surface area (Å²) in [7, 11) is 0. The minimum Gasteiger partial charge on any atom is -0.491 e. The Hall–Kier alpha value is -3.23. The Bertz CT molecular complexity index is 1260. The molecule has 0 spiro atoms. The van der Waals surface area contributed by atoms with Crippen LogP contribution in [0.25, 0.3) is 0 Å². The van der Waals surface area contributed by atoms with Crippen LogP contribution < -0.4 is 4.74 Å². The van der Waals surface area contributed by atoms with Gasteiger partial charge in [0.25, 0.3) is 5.91 Å². The highest BCUT2D eigenvalue weighted by Crippen LogP contribution is 2.34. The van der Waals surface area contributed by atoms with Crippen LogP contribution in [-0.2, 0) is 16.0 Å². The first-order valence-corrected chi connectivity index (χ1v) is 13.6. The third-order valence-corrected chi connectivity index (χ3v) is 8.07. The van der Waals surface area contributed by atoms with Crippen molar-refractivity contribution in [2.24, 2.45) is 0 Å². The Balaban J connectivity index is 1.37. The van der Waals surface area contributed by atoms with Crippen molar-refractivity contribution < 1.29 is 23.5 Å². The lowest BCUT2D eigenvalue weighted by Gasteiger charge is -2.37. The topological polar surface area (TPSA) is 59.1 Å². The molecule has 3 heterocycles. The van der Waals surface area contributed by atoms with E-state index in [0.29, 0.717) is 19.8 Å². The quantitative estimate of drug-likeness (QED) is 0.417. The molecule has 3 aromatic rings. The van der Waals surface area contributed by atoms with Gasteiger partial charge in [0, 0.05) is 24.6 Å². The van der Waals surface area contributed by atoms with E-state index in [2.05, 4.69) is 6.07 Å². The Labute approximate surface area is 220 Å². The van der Waals surface area contributed by atoms with E-state index in [-0.39, 0.29) is 36.7 Å². The molecule has 194 valence electrons. The second-order valence-electron chi connectivity index (χ2n) is 9.53. The molecule has 37 heavy (non-hydrogen) atoms. The molecule has 2 aliphatic rings. The van der Waals surface area contributed by atoms with E-state index < -0.39 is 11.7 Å². The molecule has 8 heteroatoms. The number of fused-ring (bicyclic) bond motifs is 1. The van der Waals surface area contributed by atoms with Gasteiger partial charge in [0.2, 0.25) is 5.91 Å². The first-order valence-electron chi connectivity index (χ1n) is 12.7. The van der Waals surface area contributed by atoms with Crippen LogP contribution in [-0.4, -0.2) is 60.6 Å². The summed E-state index contributed by atoms with van der Waals surface area (Å²) < 4.78 is 26.4. The number of benzene rings is 2. The molecule has 2 amide bonds. The molecule has 0 unspecified atom stereocenters. The average molecular weight is 523 g/mol. The lowest BCUT2D eigenvalue weighted by Crippen LogP contribution is -2.49. The molecule has 2 aliphatic heterocycles. The molecule has 6 nitrogen and oxygen atoms in total. The van der Waals surface area contributed by atoms with E-state index in [9.17, 15) is 14.0 Å². The summed E-state index contributed by atoms with van der Waals surface area (Å²) in [6.45, 7) is 3.58. The maximum Gasteiger partial charge on any atom is 0.257 e. The first-order chi connectivity index (χ1) is 18.0. The van der Waals surface area contributed by atoms with Crippen LogP contribution in [0.5, 0.6) is 5.75 Å². The predicted octanol–water partition coefficient (Wildman–Crippen LogP) is 5.02. The van der Waals surface area contributed by atoms with Crippen LogP contribution in [0.1, 0.15) is 45.2 Å². The largest absolute Gasteiger partial charge is 0.491 e. The highest BCUT2D eigenvalue weighted by atomic mass is 32.1. The third kappa shape index (κ3) is 5.70. The van der Waals surface area contributed by atoms with E-state index >= 15 is 0 Å². The summed E-state index contributed by atoms with van der Waals surface area (Å²) in [4.78, 5) is 31.7. The predicted molar refractivity (Wildman–Crippen MR) is 140 cm³/mol. The van der Waals surface area contributed by atoms with Gasteiger partial charge in [-0.3, -0.25) is 9.59 Å². The molecular formula is C29H31FN2O4S. The number of para-hydroxylation sites is 1. The number of aryl methyl sites for hydroxylation is 1. The maximum atomic E-state index is 14.5. The summed E-state index contributed by atoms with van der Waals surface area (Å²) in [5.74, 6) is -0.490. The molecular weight excluding hydrogens is 491 g/mol. The summed E-state index contributed by atoms with van der Waals surface area (Å²) in [5, 5.41) is 2.05. The van der Waals surface area contributed by atoms with Gasteiger partial charge in [-0.15, -0.1) is 11.3 Å². The van der Waals surface area contributed by atoms with Gasteiger partial charge in [0.05, 0.1) is 17.7 Å². The van der Waals surface area contributed by atoms with Crippen LogP contribution in [0.3, 0.4) is 0 Å². The number of carbonyl (C=O) groups is 2. The smallest absolute Gasteiger partial charge is 0.257 e. The van der Waals surface area contributed by atoms with Crippen molar-refractivity contribution in [3.63, 3.8) is 0 Å². The number of ether oxygens (including phenoxy) is 2. The van der Waals surface area contributed by atoms with E-state index in [1.54, 1.807) is 23.5 Å². The molecule has 0 radical (unpaired) electrons. The third-order valence-electron chi connectivity index (χ3n) is 7.07. The number of amides is 2. The number of carbonyl (C=O) groups excluding carboxylic acids is 2. The van der Waals surface area contributed by atoms with Gasteiger partial charge in [-0.2, -0.15) is 0 Å². The number of hydrogen-bond donors (Lipinski definition) is 0. The second kappa shape index (κ2) is 11.4. The molecule has 1 aromatic heterocycles. The fourth-order valence-electron chi connectivity index (χ4n) is 5.07. The Morgan fingerprint density at radius 3 is 2.76 bits per heavy atom. The average Bonchev–Trinajstić information content (AvgIpc) is 3.60. The number of thiophene rings is 1. The Morgan fingerprint density at radius 2 is 1.97 bits per heavy atom. The summed E-state index contributed by atoms with van der Waals surface area (Å²) in [6, 6.07) is 15.5. The fourth-order valence-corrected chi connectivity index (χ4v) is 6.00. The van der Waals surface area contributed by atoms with Gasteiger partial charge < -0.3 is 19.3 Å². The molecule has 5 rings (SSSR count).